The minimum Gasteiger partial charge on any atom is -0.479 e. The van der Waals surface area contributed by atoms with Crippen molar-refractivity contribution in [2.75, 3.05) is 13.6 Å². The highest BCUT2D eigenvalue weighted by Gasteiger charge is 2.60. The van der Waals surface area contributed by atoms with E-state index in [4.69, 9.17) is 0 Å². The van der Waals surface area contributed by atoms with Crippen LogP contribution in [0, 0.1) is 17.8 Å². The van der Waals surface area contributed by atoms with Gasteiger partial charge in [-0.1, -0.05) is 26.0 Å². The Labute approximate surface area is 136 Å². The lowest BCUT2D eigenvalue weighted by atomic mass is 9.93. The van der Waals surface area contributed by atoms with Gasteiger partial charge in [0.2, 0.25) is 11.8 Å². The Bertz CT molecular complexity index is 531. The van der Waals surface area contributed by atoms with Crippen molar-refractivity contribution in [1.29, 1.82) is 0 Å². The Balaban J connectivity index is 2.20. The van der Waals surface area contributed by atoms with Gasteiger partial charge in [-0.05, 0) is 25.7 Å². The largest absolute Gasteiger partial charge is 0.479 e. The van der Waals surface area contributed by atoms with Crippen LogP contribution in [0.15, 0.2) is 12.2 Å². The molecular formula is C17H26N2O4. The van der Waals surface area contributed by atoms with Gasteiger partial charge in [0, 0.05) is 31.3 Å². The molecule has 4 atom stereocenters. The van der Waals surface area contributed by atoms with Crippen LogP contribution in [-0.4, -0.2) is 46.9 Å². The summed E-state index contributed by atoms with van der Waals surface area (Å²) in [6, 6.07) is 0. The van der Waals surface area contributed by atoms with Crippen LogP contribution in [0.25, 0.3) is 0 Å². The highest BCUT2D eigenvalue weighted by atomic mass is 16.4. The number of nitrogens with zero attached hydrogens (tertiary/aromatic N) is 1. The van der Waals surface area contributed by atoms with Gasteiger partial charge in [-0.15, -0.1) is 0 Å². The molecule has 128 valence electrons. The van der Waals surface area contributed by atoms with Gasteiger partial charge in [-0.25, -0.2) is 4.79 Å². The molecule has 0 spiro atoms. The van der Waals surface area contributed by atoms with E-state index in [1.165, 1.54) is 0 Å². The molecule has 0 saturated heterocycles. The number of carbonyl (C=O) groups is 3. The SMILES string of the molecule is CC1C(=O)NC2(C(=O)O)CC2C=CCCCCN(C)C(=O)C1C. The first-order valence-electron chi connectivity index (χ1n) is 8.26. The lowest BCUT2D eigenvalue weighted by Crippen LogP contribution is -2.49. The maximum Gasteiger partial charge on any atom is 0.330 e. The van der Waals surface area contributed by atoms with Gasteiger partial charge in [0.05, 0.1) is 0 Å². The van der Waals surface area contributed by atoms with Crippen molar-refractivity contribution in [1.82, 2.24) is 10.2 Å². The number of allylic oxidation sites excluding steroid dienone is 1. The smallest absolute Gasteiger partial charge is 0.330 e. The number of nitrogens with one attached hydrogen (secondary N) is 1. The lowest BCUT2D eigenvalue weighted by Gasteiger charge is -2.26. The van der Waals surface area contributed by atoms with Crippen LogP contribution in [-0.2, 0) is 14.4 Å². The van der Waals surface area contributed by atoms with E-state index in [1.807, 2.05) is 12.2 Å². The van der Waals surface area contributed by atoms with Crippen molar-refractivity contribution in [3.05, 3.63) is 12.2 Å². The van der Waals surface area contributed by atoms with E-state index in [0.29, 0.717) is 13.0 Å². The summed E-state index contributed by atoms with van der Waals surface area (Å²) in [5.41, 5.74) is -1.19. The third-order valence-corrected chi connectivity index (χ3v) is 5.15. The number of fused-ring (bicyclic) bond motifs is 1. The summed E-state index contributed by atoms with van der Waals surface area (Å²) in [6.45, 7) is 4.08. The fourth-order valence-electron chi connectivity index (χ4n) is 3.07. The number of rotatable bonds is 1. The van der Waals surface area contributed by atoms with E-state index in [2.05, 4.69) is 5.32 Å². The topological polar surface area (TPSA) is 86.7 Å². The number of carboxylic acid groups (broad SMARTS) is 1. The third-order valence-electron chi connectivity index (χ3n) is 5.15. The van der Waals surface area contributed by atoms with Gasteiger partial charge in [0.1, 0.15) is 5.54 Å². The van der Waals surface area contributed by atoms with Gasteiger partial charge < -0.3 is 15.3 Å². The summed E-state index contributed by atoms with van der Waals surface area (Å²) in [5, 5.41) is 12.2. The van der Waals surface area contributed by atoms with Crippen LogP contribution in [0.4, 0.5) is 0 Å². The predicted octanol–water partition coefficient (Wildman–Crippen LogP) is 1.42. The van der Waals surface area contributed by atoms with E-state index in [9.17, 15) is 19.5 Å². The first-order valence-corrected chi connectivity index (χ1v) is 8.26. The van der Waals surface area contributed by atoms with Crippen molar-refractivity contribution < 1.29 is 19.5 Å². The maximum absolute atomic E-state index is 12.4. The highest BCUT2D eigenvalue weighted by molar-refractivity contribution is 5.93. The molecule has 1 aliphatic carbocycles. The first kappa shape index (κ1) is 17.5. The van der Waals surface area contributed by atoms with Crippen molar-refractivity contribution in [3.8, 4) is 0 Å². The standard InChI is InChI=1S/C17H26N2O4/c1-11-12(2)15(21)19(3)9-7-5-4-6-8-13-10-17(13,16(22)23)18-14(11)20/h6,8,11-13H,4-5,7,9-10H2,1-3H3,(H,18,20)(H,22,23). The summed E-state index contributed by atoms with van der Waals surface area (Å²) < 4.78 is 0. The van der Waals surface area contributed by atoms with Crippen molar-refractivity contribution in [2.45, 2.75) is 45.1 Å². The van der Waals surface area contributed by atoms with E-state index in [0.717, 1.165) is 19.3 Å². The summed E-state index contributed by atoms with van der Waals surface area (Å²) in [4.78, 5) is 38.1. The normalized spacial score (nSPS) is 36.0. The molecule has 6 heteroatoms. The monoisotopic (exact) mass is 322 g/mol. The second-order valence-electron chi connectivity index (χ2n) is 6.84. The van der Waals surface area contributed by atoms with Gasteiger partial charge in [0.15, 0.2) is 0 Å². The predicted molar refractivity (Wildman–Crippen MR) is 85.6 cm³/mol. The zero-order valence-electron chi connectivity index (χ0n) is 14.0. The molecule has 2 rings (SSSR count). The zero-order chi connectivity index (χ0) is 17.2. The highest BCUT2D eigenvalue weighted by Crippen LogP contribution is 2.45. The molecule has 2 amide bonds. The Hall–Kier alpha value is -1.85. The number of aliphatic carboxylic acids is 1. The molecule has 23 heavy (non-hydrogen) atoms. The van der Waals surface area contributed by atoms with Crippen LogP contribution < -0.4 is 5.32 Å². The Kier molecular flexibility index (Phi) is 5.12. The van der Waals surface area contributed by atoms with Crippen LogP contribution in [0.5, 0.6) is 0 Å². The Morgan fingerprint density at radius 3 is 2.65 bits per heavy atom. The van der Waals surface area contributed by atoms with Gasteiger partial charge in [-0.3, -0.25) is 9.59 Å². The number of hydrogen-bond donors (Lipinski definition) is 2. The molecule has 1 aliphatic heterocycles. The molecule has 2 aliphatic rings. The van der Waals surface area contributed by atoms with Gasteiger partial charge in [0.25, 0.3) is 0 Å². The van der Waals surface area contributed by atoms with Crippen molar-refractivity contribution >= 4 is 17.8 Å². The van der Waals surface area contributed by atoms with Crippen LogP contribution >= 0.6 is 0 Å². The van der Waals surface area contributed by atoms with Crippen LogP contribution in [0.1, 0.15) is 39.5 Å². The minimum absolute atomic E-state index is 0.0722. The molecule has 4 unspecified atom stereocenters. The quantitative estimate of drug-likeness (QED) is 0.715. The summed E-state index contributed by atoms with van der Waals surface area (Å²) >= 11 is 0. The Morgan fingerprint density at radius 1 is 1.30 bits per heavy atom. The van der Waals surface area contributed by atoms with Gasteiger partial charge >= 0.3 is 5.97 Å². The molecular weight excluding hydrogens is 296 g/mol. The zero-order valence-corrected chi connectivity index (χ0v) is 14.0. The average molecular weight is 322 g/mol. The number of hydrogen-bond acceptors (Lipinski definition) is 3. The average Bonchev–Trinajstić information content (AvgIpc) is 3.21. The number of amides is 2. The Morgan fingerprint density at radius 2 is 2.00 bits per heavy atom. The van der Waals surface area contributed by atoms with Gasteiger partial charge in [-0.2, -0.15) is 0 Å². The molecule has 0 aromatic rings. The molecule has 0 radical (unpaired) electrons. The first-order chi connectivity index (χ1) is 10.8. The van der Waals surface area contributed by atoms with Crippen molar-refractivity contribution in [3.63, 3.8) is 0 Å². The summed E-state index contributed by atoms with van der Waals surface area (Å²) in [7, 11) is 1.75. The molecule has 0 bridgehead atoms. The van der Waals surface area contributed by atoms with E-state index in [1.54, 1.807) is 25.8 Å². The lowest BCUT2D eigenvalue weighted by molar-refractivity contribution is -0.145. The fourth-order valence-corrected chi connectivity index (χ4v) is 3.07. The van der Waals surface area contributed by atoms with Crippen LogP contribution in [0.2, 0.25) is 0 Å². The van der Waals surface area contributed by atoms with Crippen molar-refractivity contribution in [2.24, 2.45) is 17.8 Å². The molecule has 1 heterocycles. The minimum atomic E-state index is -1.19. The van der Waals surface area contributed by atoms with E-state index < -0.39 is 23.3 Å². The molecule has 0 aromatic carbocycles. The van der Waals surface area contributed by atoms with E-state index >= 15 is 0 Å². The number of carbonyl (C=O) groups excluding carboxylic acids is 2. The summed E-state index contributed by atoms with van der Waals surface area (Å²) in [5.74, 6) is -2.63. The third kappa shape index (κ3) is 3.57. The molecule has 6 nitrogen and oxygen atoms in total. The molecule has 1 fully saturated rings. The molecule has 0 aromatic heterocycles. The number of carboxylic acids is 1. The van der Waals surface area contributed by atoms with E-state index in [-0.39, 0.29) is 17.7 Å². The fraction of sp³-hybridized carbons (Fsp3) is 0.706. The second-order valence-corrected chi connectivity index (χ2v) is 6.84. The van der Waals surface area contributed by atoms with Crippen LogP contribution in [0.3, 0.4) is 0 Å². The summed E-state index contributed by atoms with van der Waals surface area (Å²) in [6.07, 6.45) is 7.02. The second kappa shape index (κ2) is 6.72. The maximum atomic E-state index is 12.4. The molecule has 1 saturated carbocycles. The molecule has 2 N–H and O–H groups in total.